The number of hydrogen-bond donors (Lipinski definition) is 1. The Hall–Kier alpha value is -1.47. The fraction of sp³-hybridized carbons (Fsp3) is 0.758. The van der Waals surface area contributed by atoms with Gasteiger partial charge in [-0.2, -0.15) is 12.6 Å². The summed E-state index contributed by atoms with van der Waals surface area (Å²) >= 11 is 4.70. The minimum atomic E-state index is -0.510. The largest absolute Gasteiger partial charge is 0.428 e. The maximum Gasteiger partial charge on any atom is 0.330 e. The van der Waals surface area contributed by atoms with E-state index in [2.05, 4.69) is 43.9 Å². The third-order valence-electron chi connectivity index (χ3n) is 9.81. The molecular formula is C33H54BN2O3S. The highest BCUT2D eigenvalue weighted by molar-refractivity contribution is 7.81. The van der Waals surface area contributed by atoms with E-state index in [1.165, 1.54) is 38.5 Å². The van der Waals surface area contributed by atoms with Crippen molar-refractivity contribution < 1.29 is 14.2 Å². The first kappa shape index (κ1) is 33.0. The van der Waals surface area contributed by atoms with E-state index in [1.807, 2.05) is 32.6 Å². The Balaban J connectivity index is 0.000000559. The topological polar surface area (TPSA) is 49.9 Å². The lowest BCUT2D eigenvalue weighted by Crippen LogP contribution is -2.53. The molecule has 2 aliphatic heterocycles. The Morgan fingerprint density at radius 3 is 2.15 bits per heavy atom. The second kappa shape index (κ2) is 13.7. The van der Waals surface area contributed by atoms with E-state index in [4.69, 9.17) is 17.3 Å². The monoisotopic (exact) mass is 569 g/mol. The van der Waals surface area contributed by atoms with Crippen LogP contribution in [0.3, 0.4) is 0 Å². The van der Waals surface area contributed by atoms with Gasteiger partial charge < -0.3 is 14.5 Å². The molecule has 4 rings (SSSR count). The molecule has 0 bridgehead atoms. The smallest absolute Gasteiger partial charge is 0.330 e. The van der Waals surface area contributed by atoms with Crippen molar-refractivity contribution in [2.45, 2.75) is 141 Å². The van der Waals surface area contributed by atoms with Crippen LogP contribution >= 0.6 is 12.6 Å². The predicted octanol–water partition coefficient (Wildman–Crippen LogP) is 6.83. The lowest BCUT2D eigenvalue weighted by atomic mass is 9.72. The van der Waals surface area contributed by atoms with Gasteiger partial charge in [0.15, 0.2) is 0 Å². The van der Waals surface area contributed by atoms with Crippen LogP contribution in [0.15, 0.2) is 18.2 Å². The van der Waals surface area contributed by atoms with Crippen LogP contribution in [0.1, 0.15) is 125 Å². The van der Waals surface area contributed by atoms with Gasteiger partial charge in [0, 0.05) is 36.5 Å². The lowest BCUT2D eigenvalue weighted by Gasteiger charge is -2.43. The molecule has 1 aromatic carbocycles. The number of hydrogen-bond acceptors (Lipinski definition) is 4. The summed E-state index contributed by atoms with van der Waals surface area (Å²) in [6, 6.07) is 6.59. The summed E-state index contributed by atoms with van der Waals surface area (Å²) in [4.78, 5) is 29.8. The number of carbonyl (C=O) groups is 2. The summed E-state index contributed by atoms with van der Waals surface area (Å²) in [5, 5.41) is 0. The molecule has 2 heterocycles. The fourth-order valence-electron chi connectivity index (χ4n) is 6.01. The molecule has 0 aromatic heterocycles. The molecule has 0 atom stereocenters. The van der Waals surface area contributed by atoms with Gasteiger partial charge in [-0.3, -0.25) is 9.59 Å². The molecule has 223 valence electrons. The van der Waals surface area contributed by atoms with Crippen LogP contribution in [0.5, 0.6) is 0 Å². The molecule has 3 aliphatic rings. The highest BCUT2D eigenvalue weighted by atomic mass is 32.1. The van der Waals surface area contributed by atoms with E-state index in [0.717, 1.165) is 29.6 Å². The van der Waals surface area contributed by atoms with Gasteiger partial charge in [0.05, 0.1) is 11.0 Å². The molecule has 1 radical (unpaired) electrons. The van der Waals surface area contributed by atoms with Crippen molar-refractivity contribution in [2.24, 2.45) is 5.92 Å². The van der Waals surface area contributed by atoms with Gasteiger partial charge in [-0.25, -0.2) is 0 Å². The number of anilines is 1. The van der Waals surface area contributed by atoms with Gasteiger partial charge in [-0.15, -0.1) is 0 Å². The van der Waals surface area contributed by atoms with Crippen LogP contribution in [0.25, 0.3) is 0 Å². The number of thiol groups is 1. The second-order valence-corrected chi connectivity index (χ2v) is 14.4. The van der Waals surface area contributed by atoms with Crippen molar-refractivity contribution in [3.63, 3.8) is 0 Å². The van der Waals surface area contributed by atoms with Crippen LogP contribution in [0.2, 0.25) is 0 Å². The second-order valence-electron chi connectivity index (χ2n) is 13.3. The van der Waals surface area contributed by atoms with Gasteiger partial charge in [0.2, 0.25) is 11.8 Å². The third-order valence-corrected chi connectivity index (χ3v) is 10.3. The summed E-state index contributed by atoms with van der Waals surface area (Å²) in [5.74, 6) is 1.03. The van der Waals surface area contributed by atoms with E-state index in [-0.39, 0.29) is 22.6 Å². The van der Waals surface area contributed by atoms with E-state index >= 15 is 0 Å². The van der Waals surface area contributed by atoms with Gasteiger partial charge in [0.1, 0.15) is 0 Å². The third kappa shape index (κ3) is 7.11. The average molecular weight is 570 g/mol. The number of likely N-dealkylation sites (tertiary alicyclic amines) is 1. The van der Waals surface area contributed by atoms with Crippen LogP contribution in [0, 0.1) is 5.92 Å². The molecule has 2 fully saturated rings. The lowest BCUT2D eigenvalue weighted by molar-refractivity contribution is -0.134. The molecule has 1 aliphatic carbocycles. The Kier molecular flexibility index (Phi) is 11.3. The summed E-state index contributed by atoms with van der Waals surface area (Å²) < 4.78 is 5.86. The van der Waals surface area contributed by atoms with Gasteiger partial charge in [-0.05, 0) is 70.9 Å². The summed E-state index contributed by atoms with van der Waals surface area (Å²) in [6.07, 6.45) is 11.7. The molecule has 2 amide bonds. The number of carbonyl (C=O) groups excluding carboxylic acids is 2. The van der Waals surface area contributed by atoms with E-state index in [1.54, 1.807) is 14.4 Å². The molecule has 5 nitrogen and oxygen atoms in total. The number of piperidine rings is 1. The predicted molar refractivity (Wildman–Crippen MR) is 172 cm³/mol. The van der Waals surface area contributed by atoms with E-state index in [0.29, 0.717) is 31.8 Å². The van der Waals surface area contributed by atoms with Gasteiger partial charge in [-0.1, -0.05) is 76.9 Å². The van der Waals surface area contributed by atoms with E-state index < -0.39 is 11.0 Å². The fourth-order valence-corrected chi connectivity index (χ4v) is 6.06. The zero-order chi connectivity index (χ0) is 29.7. The zero-order valence-corrected chi connectivity index (χ0v) is 27.4. The molecule has 1 saturated carbocycles. The van der Waals surface area contributed by atoms with Crippen molar-refractivity contribution in [1.29, 1.82) is 0 Å². The average Bonchev–Trinajstić information content (AvgIpc) is 3.10. The maximum absolute atomic E-state index is 14.0. The number of benzene rings is 1. The summed E-state index contributed by atoms with van der Waals surface area (Å²) in [5.41, 5.74) is 2.16. The standard InChI is InChI=1S/C26H38BN2O3S.C7H16/c1-7-18-14-20(15-18)29-22-16-19(27-32-24(3,4)25(5,6)33)8-9-21(22)26(23(29)31)10-12-28(13-11-26)17(2)30;1-3-5-7-6-4-2/h8-9,16,18,20,33H,7,10-15H2,1-6H3;3-7H2,1-2H3. The van der Waals surface area contributed by atoms with Crippen LogP contribution < -0.4 is 10.4 Å². The van der Waals surface area contributed by atoms with Crippen LogP contribution in [-0.4, -0.2) is 53.7 Å². The van der Waals surface area contributed by atoms with Crippen molar-refractivity contribution >= 4 is 43.1 Å². The molecule has 1 spiro atoms. The normalized spacial score (nSPS) is 22.0. The number of nitrogens with zero attached hydrogens (tertiary/aromatic N) is 2. The molecule has 7 heteroatoms. The Bertz CT molecular complexity index is 1000. The molecule has 0 N–H and O–H groups in total. The maximum atomic E-state index is 14.0. The molecule has 1 aromatic rings. The van der Waals surface area contributed by atoms with Gasteiger partial charge in [0.25, 0.3) is 0 Å². The zero-order valence-electron chi connectivity index (χ0n) is 26.5. The Morgan fingerprint density at radius 2 is 1.65 bits per heavy atom. The van der Waals surface area contributed by atoms with Crippen LogP contribution in [0.4, 0.5) is 5.69 Å². The molecule has 0 unspecified atom stereocenters. The van der Waals surface area contributed by atoms with Gasteiger partial charge >= 0.3 is 7.48 Å². The summed E-state index contributed by atoms with van der Waals surface area (Å²) in [6.45, 7) is 17.8. The first-order valence-electron chi connectivity index (χ1n) is 15.8. The number of unbranched alkanes of at least 4 members (excludes halogenated alkanes) is 4. The highest BCUT2D eigenvalue weighted by Crippen LogP contribution is 2.51. The van der Waals surface area contributed by atoms with Crippen molar-refractivity contribution in [2.75, 3.05) is 18.0 Å². The SMILES string of the molecule is CCC1CC(N2C(=O)C3(CCN(C(C)=O)CC3)c3ccc([B]OC(C)(C)C(C)(C)S)cc32)C1.CCCCCCC. The van der Waals surface area contributed by atoms with Crippen molar-refractivity contribution in [1.82, 2.24) is 4.90 Å². The number of rotatable bonds is 10. The first-order valence-corrected chi connectivity index (χ1v) is 16.2. The van der Waals surface area contributed by atoms with E-state index in [9.17, 15) is 9.59 Å². The first-order chi connectivity index (χ1) is 18.8. The quantitative estimate of drug-likeness (QED) is 0.191. The Morgan fingerprint density at radius 1 is 1.05 bits per heavy atom. The number of fused-ring (bicyclic) bond motifs is 2. The van der Waals surface area contributed by atoms with Crippen molar-refractivity contribution in [3.8, 4) is 0 Å². The summed E-state index contributed by atoms with van der Waals surface area (Å²) in [7, 11) is 1.81. The highest BCUT2D eigenvalue weighted by Gasteiger charge is 2.55. The van der Waals surface area contributed by atoms with Crippen molar-refractivity contribution in [3.05, 3.63) is 23.8 Å². The Labute approximate surface area is 250 Å². The minimum absolute atomic E-state index is 0.0916. The molecule has 40 heavy (non-hydrogen) atoms. The number of amides is 2. The van der Waals surface area contributed by atoms with Crippen LogP contribution in [-0.2, 0) is 19.7 Å². The minimum Gasteiger partial charge on any atom is -0.428 e. The molecule has 1 saturated heterocycles. The molecular weight excluding hydrogens is 515 g/mol.